The minimum atomic E-state index is -0.933. The van der Waals surface area contributed by atoms with Crippen molar-refractivity contribution in [1.29, 1.82) is 0 Å². The number of aromatic nitrogens is 2. The summed E-state index contributed by atoms with van der Waals surface area (Å²) in [6, 6.07) is 7.15. The fourth-order valence-corrected chi connectivity index (χ4v) is 3.43. The molecule has 1 N–H and O–H groups in total. The van der Waals surface area contributed by atoms with Crippen LogP contribution in [0.3, 0.4) is 0 Å². The van der Waals surface area contributed by atoms with E-state index in [0.29, 0.717) is 13.2 Å². The van der Waals surface area contributed by atoms with E-state index in [1.807, 2.05) is 27.6 Å². The van der Waals surface area contributed by atoms with Gasteiger partial charge < -0.3 is 14.7 Å². The molecule has 6 nitrogen and oxygen atoms in total. The lowest BCUT2D eigenvalue weighted by Gasteiger charge is -2.26. The predicted molar refractivity (Wildman–Crippen MR) is 88.9 cm³/mol. The molecule has 1 aliphatic rings. The van der Waals surface area contributed by atoms with E-state index in [-0.39, 0.29) is 5.56 Å². The lowest BCUT2D eigenvalue weighted by molar-refractivity contribution is 0.0697. The summed E-state index contributed by atoms with van der Waals surface area (Å²) in [6.45, 7) is 2.94. The van der Waals surface area contributed by atoms with Gasteiger partial charge in [0.2, 0.25) is 0 Å². The molecular formula is C16H15N3O3S. The van der Waals surface area contributed by atoms with Gasteiger partial charge >= 0.3 is 5.97 Å². The van der Waals surface area contributed by atoms with E-state index in [1.165, 1.54) is 0 Å². The van der Waals surface area contributed by atoms with Crippen LogP contribution >= 0.6 is 11.3 Å². The van der Waals surface area contributed by atoms with Crippen molar-refractivity contribution in [1.82, 2.24) is 9.78 Å². The number of rotatable bonds is 3. The zero-order chi connectivity index (χ0) is 15.8. The summed E-state index contributed by atoms with van der Waals surface area (Å²) in [6.07, 6.45) is 0. The molecule has 0 unspecified atom stereocenters. The fourth-order valence-electron chi connectivity index (χ4n) is 2.81. The van der Waals surface area contributed by atoms with Crippen molar-refractivity contribution in [2.75, 3.05) is 31.2 Å². The lowest BCUT2D eigenvalue weighted by atomic mass is 10.1. The van der Waals surface area contributed by atoms with Crippen molar-refractivity contribution in [3.63, 3.8) is 0 Å². The summed E-state index contributed by atoms with van der Waals surface area (Å²) < 4.78 is 7.23. The van der Waals surface area contributed by atoms with Gasteiger partial charge in [0.15, 0.2) is 5.82 Å². The Morgan fingerprint density at radius 1 is 1.26 bits per heavy atom. The van der Waals surface area contributed by atoms with Gasteiger partial charge in [-0.15, -0.1) is 5.10 Å². The third-order valence-electron chi connectivity index (χ3n) is 3.97. The summed E-state index contributed by atoms with van der Waals surface area (Å²) in [5, 5.41) is 19.0. The van der Waals surface area contributed by atoms with Gasteiger partial charge in [-0.1, -0.05) is 0 Å². The first-order valence-corrected chi connectivity index (χ1v) is 8.29. The molecule has 0 radical (unpaired) electrons. The molecule has 1 saturated heterocycles. The Morgan fingerprint density at radius 2 is 2.09 bits per heavy atom. The number of hydrogen-bond donors (Lipinski definition) is 1. The molecule has 0 aliphatic carbocycles. The van der Waals surface area contributed by atoms with E-state index >= 15 is 0 Å². The van der Waals surface area contributed by atoms with Crippen LogP contribution in [0.15, 0.2) is 35.0 Å². The van der Waals surface area contributed by atoms with Crippen LogP contribution in [0.25, 0.3) is 16.6 Å². The highest BCUT2D eigenvalue weighted by Crippen LogP contribution is 2.30. The van der Waals surface area contributed by atoms with Crippen LogP contribution in [-0.4, -0.2) is 47.2 Å². The number of ether oxygens (including phenoxy) is 1. The summed E-state index contributed by atoms with van der Waals surface area (Å²) in [5.74, 6) is -0.0515. The van der Waals surface area contributed by atoms with Crippen LogP contribution in [0.2, 0.25) is 0 Å². The second-order valence-electron chi connectivity index (χ2n) is 5.35. The first-order chi connectivity index (χ1) is 11.2. The molecule has 1 aromatic carbocycles. The molecule has 3 aromatic rings. The average Bonchev–Trinajstić information content (AvgIpc) is 3.22. The third-order valence-corrected chi connectivity index (χ3v) is 4.64. The minimum Gasteiger partial charge on any atom is -0.478 e. The second kappa shape index (κ2) is 5.68. The standard InChI is InChI=1S/C16H15N3O3S/c20-16(21)11-1-2-13-14(9-11)19(12-3-8-23-10-12)17-15(13)18-4-6-22-7-5-18/h1-3,8-10H,4-7H2,(H,20,21). The van der Waals surface area contributed by atoms with Crippen molar-refractivity contribution in [3.05, 3.63) is 40.6 Å². The fraction of sp³-hybridized carbons (Fsp3) is 0.250. The predicted octanol–water partition coefficient (Wildman–Crippen LogP) is 2.62. The number of aromatic carboxylic acids is 1. The number of nitrogens with zero attached hydrogens (tertiary/aromatic N) is 3. The quantitative estimate of drug-likeness (QED) is 0.800. The number of anilines is 1. The van der Waals surface area contributed by atoms with Gasteiger partial charge in [-0.05, 0) is 29.6 Å². The topological polar surface area (TPSA) is 67.6 Å². The summed E-state index contributed by atoms with van der Waals surface area (Å²) in [4.78, 5) is 13.5. The molecule has 0 bridgehead atoms. The molecule has 1 aliphatic heterocycles. The minimum absolute atomic E-state index is 0.266. The van der Waals surface area contributed by atoms with E-state index < -0.39 is 5.97 Å². The Bertz CT molecular complexity index is 851. The van der Waals surface area contributed by atoms with Crippen molar-refractivity contribution >= 4 is 34.0 Å². The van der Waals surface area contributed by atoms with Crippen LogP contribution in [0, 0.1) is 0 Å². The molecule has 4 rings (SSSR count). The number of thiophene rings is 1. The number of carboxylic acid groups (broad SMARTS) is 1. The first-order valence-electron chi connectivity index (χ1n) is 7.35. The highest BCUT2D eigenvalue weighted by atomic mass is 32.1. The molecule has 23 heavy (non-hydrogen) atoms. The largest absolute Gasteiger partial charge is 0.478 e. The lowest BCUT2D eigenvalue weighted by Crippen LogP contribution is -2.36. The number of morpholine rings is 1. The second-order valence-corrected chi connectivity index (χ2v) is 6.13. The Hall–Kier alpha value is -2.38. The van der Waals surface area contributed by atoms with Gasteiger partial charge in [0.1, 0.15) is 0 Å². The molecule has 118 valence electrons. The van der Waals surface area contributed by atoms with Crippen molar-refractivity contribution in [2.24, 2.45) is 0 Å². The number of carboxylic acids is 1. The van der Waals surface area contributed by atoms with E-state index in [9.17, 15) is 9.90 Å². The number of hydrogen-bond acceptors (Lipinski definition) is 5. The van der Waals surface area contributed by atoms with Crippen molar-refractivity contribution in [2.45, 2.75) is 0 Å². The molecule has 2 aromatic heterocycles. The van der Waals surface area contributed by atoms with Gasteiger partial charge in [-0.3, -0.25) is 0 Å². The maximum Gasteiger partial charge on any atom is 0.335 e. The van der Waals surface area contributed by atoms with Gasteiger partial charge in [-0.2, -0.15) is 11.3 Å². The van der Waals surface area contributed by atoms with Crippen molar-refractivity contribution in [3.8, 4) is 5.69 Å². The number of fused-ring (bicyclic) bond motifs is 1. The van der Waals surface area contributed by atoms with E-state index in [2.05, 4.69) is 4.90 Å². The molecule has 7 heteroatoms. The van der Waals surface area contributed by atoms with Gasteiger partial charge in [0.05, 0.1) is 30.0 Å². The number of benzene rings is 1. The average molecular weight is 329 g/mol. The molecule has 0 saturated carbocycles. The highest BCUT2D eigenvalue weighted by molar-refractivity contribution is 7.08. The van der Waals surface area contributed by atoms with E-state index in [0.717, 1.165) is 35.5 Å². The summed E-state index contributed by atoms with van der Waals surface area (Å²) in [7, 11) is 0. The Morgan fingerprint density at radius 3 is 2.78 bits per heavy atom. The normalized spacial score (nSPS) is 15.2. The van der Waals surface area contributed by atoms with Gasteiger partial charge in [0, 0.05) is 23.9 Å². The van der Waals surface area contributed by atoms with Crippen LogP contribution in [0.1, 0.15) is 10.4 Å². The van der Waals surface area contributed by atoms with Crippen LogP contribution < -0.4 is 4.90 Å². The monoisotopic (exact) mass is 329 g/mol. The third kappa shape index (κ3) is 2.47. The summed E-state index contributed by atoms with van der Waals surface area (Å²) >= 11 is 1.59. The molecule has 0 spiro atoms. The van der Waals surface area contributed by atoms with Gasteiger partial charge in [-0.25, -0.2) is 9.48 Å². The molecule has 0 atom stereocenters. The zero-order valence-electron chi connectivity index (χ0n) is 12.3. The highest BCUT2D eigenvalue weighted by Gasteiger charge is 2.20. The molecule has 3 heterocycles. The first kappa shape index (κ1) is 14.2. The molecular weight excluding hydrogens is 314 g/mol. The smallest absolute Gasteiger partial charge is 0.335 e. The van der Waals surface area contributed by atoms with Crippen LogP contribution in [-0.2, 0) is 4.74 Å². The maximum atomic E-state index is 11.3. The van der Waals surface area contributed by atoms with Crippen LogP contribution in [0.5, 0.6) is 0 Å². The zero-order valence-corrected chi connectivity index (χ0v) is 13.1. The number of carbonyl (C=O) groups is 1. The van der Waals surface area contributed by atoms with Crippen molar-refractivity contribution < 1.29 is 14.6 Å². The Balaban J connectivity index is 1.92. The SMILES string of the molecule is O=C(O)c1ccc2c(N3CCOCC3)nn(-c3ccsc3)c2c1. The molecule has 1 fully saturated rings. The van der Waals surface area contributed by atoms with Gasteiger partial charge in [0.25, 0.3) is 0 Å². The van der Waals surface area contributed by atoms with Crippen LogP contribution in [0.4, 0.5) is 5.82 Å². The Kier molecular flexibility index (Phi) is 3.51. The maximum absolute atomic E-state index is 11.3. The van der Waals surface area contributed by atoms with E-state index in [4.69, 9.17) is 9.84 Å². The molecule has 0 amide bonds. The van der Waals surface area contributed by atoms with E-state index in [1.54, 1.807) is 23.5 Å². The summed E-state index contributed by atoms with van der Waals surface area (Å²) in [5.41, 5.74) is 2.02. The Labute approximate surface area is 136 Å².